The van der Waals surface area contributed by atoms with Gasteiger partial charge < -0.3 is 4.74 Å². The van der Waals surface area contributed by atoms with Gasteiger partial charge in [0, 0.05) is 0 Å². The van der Waals surface area contributed by atoms with Crippen molar-refractivity contribution < 1.29 is 21.8 Å². The molecule has 92 valence electrons. The van der Waals surface area contributed by atoms with E-state index in [-0.39, 0.29) is 16.2 Å². The largest absolute Gasteiger partial charge is 0.465 e. The van der Waals surface area contributed by atoms with E-state index in [2.05, 4.69) is 4.74 Å². The smallest absolute Gasteiger partial charge is 0.337 e. The van der Waals surface area contributed by atoms with Gasteiger partial charge in [0.05, 0.1) is 23.1 Å². The maximum absolute atomic E-state index is 12.3. The van der Waals surface area contributed by atoms with Crippen LogP contribution in [0.15, 0.2) is 29.7 Å². The van der Waals surface area contributed by atoms with Crippen molar-refractivity contribution in [1.82, 2.24) is 0 Å². The minimum Gasteiger partial charge on any atom is -0.465 e. The lowest BCUT2D eigenvalue weighted by Crippen LogP contribution is -2.00. The van der Waals surface area contributed by atoms with E-state index in [1.807, 2.05) is 0 Å². The number of methoxy groups -OCH3 is 1. The molecule has 1 aromatic carbocycles. The third-order valence-electron chi connectivity index (χ3n) is 1.83. The summed E-state index contributed by atoms with van der Waals surface area (Å²) in [6, 6.07) is 5.55. The van der Waals surface area contributed by atoms with E-state index in [0.717, 1.165) is 0 Å². The molecule has 7 heteroatoms. The van der Waals surface area contributed by atoms with Crippen molar-refractivity contribution in [2.75, 3.05) is 7.11 Å². The first-order valence-corrected chi connectivity index (χ1v) is 6.16. The Bertz CT molecular complexity index is 548. The zero-order valence-corrected chi connectivity index (χ0v) is 10.3. The number of carbonyl (C=O) groups excluding carboxylic acids is 1. The molecule has 0 aliphatic heterocycles. The minimum absolute atomic E-state index is 0.274. The van der Waals surface area contributed by atoms with Crippen molar-refractivity contribution in [2.45, 2.75) is 0 Å². The normalized spacial score (nSPS) is 12.3. The Morgan fingerprint density at radius 3 is 2.18 bits per heavy atom. The molecule has 0 amide bonds. The number of halogens is 2. The quantitative estimate of drug-likeness (QED) is 0.629. The van der Waals surface area contributed by atoms with Gasteiger partial charge in [-0.3, -0.25) is 0 Å². The lowest BCUT2D eigenvalue weighted by atomic mass is 10.1. The fraction of sp³-hybridized carbons (Fsp3) is 0.100. The summed E-state index contributed by atoms with van der Waals surface area (Å²) in [5.74, 6) is -0.533. The molecule has 1 rings (SSSR count). The third kappa shape index (κ3) is 4.16. The van der Waals surface area contributed by atoms with Crippen LogP contribution in [0.5, 0.6) is 0 Å². The van der Waals surface area contributed by atoms with Crippen LogP contribution in [-0.2, 0) is 15.0 Å². The average Bonchev–Trinajstić information content (AvgIpc) is 2.26. The molecule has 0 aliphatic carbocycles. The molecule has 0 bridgehead atoms. The van der Waals surface area contributed by atoms with Crippen LogP contribution in [0, 0.1) is 0 Å². The summed E-state index contributed by atoms with van der Waals surface area (Å²) in [5, 5.41) is 0.0192. The number of benzene rings is 1. The van der Waals surface area contributed by atoms with Gasteiger partial charge in [0.1, 0.15) is 0 Å². The third-order valence-corrected chi connectivity index (χ3v) is 2.80. The Morgan fingerprint density at radius 1 is 1.29 bits per heavy atom. The van der Waals surface area contributed by atoms with E-state index in [9.17, 15) is 17.1 Å². The van der Waals surface area contributed by atoms with Crippen LogP contribution in [0.3, 0.4) is 0 Å². The van der Waals surface area contributed by atoms with E-state index < -0.39 is 16.2 Å². The molecule has 0 heterocycles. The van der Waals surface area contributed by atoms with Crippen molar-refractivity contribution >= 4 is 32.8 Å². The van der Waals surface area contributed by atoms with Crippen LogP contribution >= 0.6 is 11.6 Å². The van der Waals surface area contributed by atoms with E-state index >= 15 is 0 Å². The summed E-state index contributed by atoms with van der Waals surface area (Å²) in [6.45, 7) is 0. The molecule has 0 saturated heterocycles. The molecule has 1 aromatic rings. The Labute approximate surface area is 103 Å². The highest BCUT2D eigenvalue weighted by atomic mass is 35.5. The molecule has 0 spiro atoms. The van der Waals surface area contributed by atoms with E-state index in [4.69, 9.17) is 11.6 Å². The molecule has 0 radical (unpaired) electrons. The average molecular weight is 279 g/mol. The van der Waals surface area contributed by atoms with E-state index in [0.29, 0.717) is 5.41 Å². The second-order valence-electron chi connectivity index (χ2n) is 3.01. The minimum atomic E-state index is -4.79. The first kappa shape index (κ1) is 13.7. The van der Waals surface area contributed by atoms with Gasteiger partial charge in [0.2, 0.25) is 0 Å². The molecule has 0 N–H and O–H groups in total. The van der Waals surface area contributed by atoms with Gasteiger partial charge in [-0.05, 0) is 17.7 Å². The van der Waals surface area contributed by atoms with Gasteiger partial charge in [-0.1, -0.05) is 23.7 Å². The topological polar surface area (TPSA) is 60.4 Å². The van der Waals surface area contributed by atoms with Crippen LogP contribution in [0.1, 0.15) is 15.9 Å². The summed E-state index contributed by atoms with van der Waals surface area (Å²) in [4.78, 5) is 11.1. The summed E-state index contributed by atoms with van der Waals surface area (Å²) in [5.41, 5.74) is 0.560. The highest BCUT2D eigenvalue weighted by Crippen LogP contribution is 2.21. The molecule has 0 unspecified atom stereocenters. The molecule has 0 aliphatic rings. The van der Waals surface area contributed by atoms with Gasteiger partial charge in [-0.25, -0.2) is 4.79 Å². The predicted molar refractivity (Wildman–Crippen MR) is 61.6 cm³/mol. The fourth-order valence-corrected chi connectivity index (χ4v) is 1.90. The summed E-state index contributed by atoms with van der Waals surface area (Å²) in [7, 11) is -3.55. The fourth-order valence-electron chi connectivity index (χ4n) is 1.08. The first-order chi connectivity index (χ1) is 7.83. The molecule has 4 nitrogen and oxygen atoms in total. The molecule has 17 heavy (non-hydrogen) atoms. The van der Waals surface area contributed by atoms with Crippen molar-refractivity contribution in [2.24, 2.45) is 0 Å². The monoisotopic (exact) mass is 278 g/mol. The standard InChI is InChI=1S/C10H8ClFO4S/c1-16-10(13)8-4-2-7(3-5-8)9(11)6-17(12,14)15/h2-6H,1H3/b9-6+. The zero-order valence-electron chi connectivity index (χ0n) is 8.68. The van der Waals surface area contributed by atoms with Gasteiger partial charge in [0.25, 0.3) is 0 Å². The van der Waals surface area contributed by atoms with Crippen molar-refractivity contribution in [3.8, 4) is 0 Å². The maximum Gasteiger partial charge on any atom is 0.337 e. The summed E-state index contributed by atoms with van der Waals surface area (Å²) < 4.78 is 37.5. The zero-order chi connectivity index (χ0) is 13.1. The Kier molecular flexibility index (Phi) is 4.25. The Morgan fingerprint density at radius 2 is 1.76 bits per heavy atom. The molecule has 0 aromatic heterocycles. The van der Waals surface area contributed by atoms with Crippen LogP contribution in [-0.4, -0.2) is 21.5 Å². The summed E-state index contributed by atoms with van der Waals surface area (Å²) in [6.07, 6.45) is 0. The van der Waals surface area contributed by atoms with E-state index in [1.54, 1.807) is 0 Å². The molecular weight excluding hydrogens is 271 g/mol. The maximum atomic E-state index is 12.3. The SMILES string of the molecule is COC(=O)c1ccc(/C(Cl)=C\S(=O)(=O)F)cc1. The second-order valence-corrected chi connectivity index (χ2v) is 4.60. The molecule has 0 fully saturated rings. The number of carbonyl (C=O) groups is 1. The highest BCUT2D eigenvalue weighted by molar-refractivity contribution is 7.89. The first-order valence-electron chi connectivity index (χ1n) is 4.34. The molecule has 0 saturated carbocycles. The van der Waals surface area contributed by atoms with Crippen molar-refractivity contribution in [3.63, 3.8) is 0 Å². The van der Waals surface area contributed by atoms with Crippen molar-refractivity contribution in [1.29, 1.82) is 0 Å². The van der Waals surface area contributed by atoms with E-state index in [1.165, 1.54) is 31.4 Å². The number of ether oxygens (including phenoxy) is 1. The number of hydrogen-bond donors (Lipinski definition) is 0. The lowest BCUT2D eigenvalue weighted by Gasteiger charge is -2.01. The predicted octanol–water partition coefficient (Wildman–Crippen LogP) is 2.31. The molecule has 0 atom stereocenters. The van der Waals surface area contributed by atoms with Crippen LogP contribution in [0.2, 0.25) is 0 Å². The van der Waals surface area contributed by atoms with Gasteiger partial charge in [-0.15, -0.1) is 3.89 Å². The van der Waals surface area contributed by atoms with Gasteiger partial charge in [0.15, 0.2) is 0 Å². The Hall–Kier alpha value is -1.40. The lowest BCUT2D eigenvalue weighted by molar-refractivity contribution is 0.0600. The highest BCUT2D eigenvalue weighted by Gasteiger charge is 2.08. The van der Waals surface area contributed by atoms with Crippen LogP contribution < -0.4 is 0 Å². The second kappa shape index (κ2) is 5.29. The van der Waals surface area contributed by atoms with Crippen molar-refractivity contribution in [3.05, 3.63) is 40.8 Å². The van der Waals surface area contributed by atoms with Gasteiger partial charge >= 0.3 is 16.2 Å². The van der Waals surface area contributed by atoms with Crippen LogP contribution in [0.25, 0.3) is 5.03 Å². The van der Waals surface area contributed by atoms with Crippen LogP contribution in [0.4, 0.5) is 3.89 Å². The Balaban J connectivity index is 3.04. The molecular formula is C10H8ClFO4S. The summed E-state index contributed by atoms with van der Waals surface area (Å²) >= 11 is 5.58. The van der Waals surface area contributed by atoms with Gasteiger partial charge in [-0.2, -0.15) is 8.42 Å². The number of rotatable bonds is 3. The number of esters is 1. The number of hydrogen-bond acceptors (Lipinski definition) is 4.